The van der Waals surface area contributed by atoms with Gasteiger partial charge < -0.3 is 20.5 Å². The fraction of sp³-hybridized carbons (Fsp3) is 0.458. The molecule has 1 aromatic rings. The van der Waals surface area contributed by atoms with Crippen LogP contribution in [0.1, 0.15) is 53.5 Å². The predicted molar refractivity (Wildman–Crippen MR) is 124 cm³/mol. The van der Waals surface area contributed by atoms with Crippen LogP contribution in [0.4, 0.5) is 14.5 Å². The van der Waals surface area contributed by atoms with Gasteiger partial charge in [-0.05, 0) is 57.0 Å². The second-order valence-corrected chi connectivity index (χ2v) is 6.97. The molecule has 1 aliphatic heterocycles. The van der Waals surface area contributed by atoms with Crippen LogP contribution in [0.3, 0.4) is 0 Å². The molecule has 0 radical (unpaired) electrons. The van der Waals surface area contributed by atoms with Crippen LogP contribution in [0.2, 0.25) is 0 Å². The minimum absolute atomic E-state index is 0.0579. The molecule has 0 aliphatic carbocycles. The topological polar surface area (TPSA) is 68.9 Å². The third-order valence-electron chi connectivity index (χ3n) is 4.84. The molecule has 1 aliphatic rings. The summed E-state index contributed by atoms with van der Waals surface area (Å²) < 4.78 is 39.8. The lowest BCUT2D eigenvalue weighted by Crippen LogP contribution is -2.43. The van der Waals surface area contributed by atoms with Crippen molar-refractivity contribution >= 4 is 11.5 Å². The molecule has 31 heavy (non-hydrogen) atoms. The van der Waals surface area contributed by atoms with E-state index in [1.165, 1.54) is 19.1 Å². The maximum Gasteiger partial charge on any atom is 0.228 e. The summed E-state index contributed by atoms with van der Waals surface area (Å²) in [5.74, 6) is 0.167. The molecule has 172 valence electrons. The minimum Gasteiger partial charge on any atom is -0.495 e. The number of nitrogens with one attached hydrogen (secondary N) is 1. The average Bonchev–Trinajstić information content (AvgIpc) is 2.78. The molecule has 5 nitrogen and oxygen atoms in total. The number of allylic oxidation sites excluding steroid dienone is 4. The van der Waals surface area contributed by atoms with Gasteiger partial charge in [0.2, 0.25) is 6.36 Å². The molecule has 2 atom stereocenters. The van der Waals surface area contributed by atoms with Crippen molar-refractivity contribution in [2.45, 2.75) is 59.9 Å². The molecule has 0 amide bonds. The Bertz CT molecular complexity index is 862. The van der Waals surface area contributed by atoms with E-state index in [-0.39, 0.29) is 18.0 Å². The van der Waals surface area contributed by atoms with Crippen LogP contribution in [0.15, 0.2) is 58.4 Å². The van der Waals surface area contributed by atoms with E-state index in [0.29, 0.717) is 11.4 Å². The summed E-state index contributed by atoms with van der Waals surface area (Å²) in [6, 6.07) is 4.38. The molecule has 0 bridgehead atoms. The van der Waals surface area contributed by atoms with E-state index in [9.17, 15) is 8.78 Å². The van der Waals surface area contributed by atoms with Crippen LogP contribution in [0, 0.1) is 5.82 Å². The first-order valence-corrected chi connectivity index (χ1v) is 10.5. The summed E-state index contributed by atoms with van der Waals surface area (Å²) in [6.07, 6.45) is 4.57. The third-order valence-corrected chi connectivity index (χ3v) is 4.84. The van der Waals surface area contributed by atoms with Gasteiger partial charge in [-0.3, -0.25) is 4.99 Å². The van der Waals surface area contributed by atoms with Crippen molar-refractivity contribution in [2.75, 3.05) is 19.0 Å². The Labute approximate surface area is 184 Å². The van der Waals surface area contributed by atoms with E-state index in [2.05, 4.69) is 10.3 Å². The summed E-state index contributed by atoms with van der Waals surface area (Å²) in [5, 5.41) is 3.28. The van der Waals surface area contributed by atoms with Crippen LogP contribution in [-0.2, 0) is 15.0 Å². The fourth-order valence-electron chi connectivity index (χ4n) is 3.01. The van der Waals surface area contributed by atoms with Crippen molar-refractivity contribution in [1.29, 1.82) is 0 Å². The smallest absolute Gasteiger partial charge is 0.228 e. The Kier molecular flexibility index (Phi) is 10.4. The maximum absolute atomic E-state index is 14.6. The standard InChI is InChI=1S/C22H29F2N3O2.C2H6/c1-6-8-9-18(28-5)20(14(3)7-2)26-15-10-11-17(23)16(12-15)22(4)21(24)29-13-19(25)27-22;1-2/h6,8-12,21,26H,7,13H2,1-5H3,(H2,25,27);1-2H3/b8-6-,18-9+,20-14-;. The average molecular weight is 436 g/mol. The van der Waals surface area contributed by atoms with E-state index >= 15 is 0 Å². The molecule has 1 aromatic carbocycles. The molecular formula is C24H35F2N3O2. The zero-order valence-corrected chi connectivity index (χ0v) is 19.6. The Morgan fingerprint density at radius 3 is 2.68 bits per heavy atom. The number of benzene rings is 1. The molecule has 0 saturated carbocycles. The van der Waals surface area contributed by atoms with Gasteiger partial charge in [-0.2, -0.15) is 0 Å². The highest BCUT2D eigenvalue weighted by Gasteiger charge is 2.42. The van der Waals surface area contributed by atoms with E-state index < -0.39 is 17.7 Å². The molecule has 3 N–H and O–H groups in total. The molecule has 0 aromatic heterocycles. The zero-order chi connectivity index (χ0) is 23.6. The lowest BCUT2D eigenvalue weighted by Gasteiger charge is -2.33. The van der Waals surface area contributed by atoms with E-state index in [1.54, 1.807) is 13.2 Å². The number of methoxy groups -OCH3 is 1. The van der Waals surface area contributed by atoms with Crippen molar-refractivity contribution in [1.82, 2.24) is 0 Å². The molecule has 0 spiro atoms. The van der Waals surface area contributed by atoms with Crippen LogP contribution in [0.25, 0.3) is 0 Å². The second kappa shape index (κ2) is 12.2. The largest absolute Gasteiger partial charge is 0.495 e. The summed E-state index contributed by atoms with van der Waals surface area (Å²) in [6.45, 7) is 11.3. The van der Waals surface area contributed by atoms with Crippen molar-refractivity contribution in [3.63, 3.8) is 0 Å². The van der Waals surface area contributed by atoms with Gasteiger partial charge in [0.1, 0.15) is 29.6 Å². The maximum atomic E-state index is 14.6. The number of halogens is 2. The number of anilines is 1. The lowest BCUT2D eigenvalue weighted by molar-refractivity contribution is -0.0805. The van der Waals surface area contributed by atoms with Crippen molar-refractivity contribution in [3.8, 4) is 0 Å². The van der Waals surface area contributed by atoms with Crippen LogP contribution in [0.5, 0.6) is 0 Å². The molecule has 0 fully saturated rings. The highest BCUT2D eigenvalue weighted by Crippen LogP contribution is 2.37. The Balaban J connectivity index is 0.00000233. The number of alkyl halides is 1. The first-order valence-electron chi connectivity index (χ1n) is 10.5. The van der Waals surface area contributed by atoms with Gasteiger partial charge in [-0.15, -0.1) is 0 Å². The number of nitrogens with two attached hydrogens (primary N) is 1. The number of ether oxygens (including phenoxy) is 2. The number of aliphatic imine (C=N–C) groups is 1. The molecule has 7 heteroatoms. The molecule has 1 heterocycles. The normalized spacial score (nSPS) is 22.3. The van der Waals surface area contributed by atoms with Gasteiger partial charge in [0, 0.05) is 11.3 Å². The third kappa shape index (κ3) is 6.40. The Morgan fingerprint density at radius 2 is 2.10 bits per heavy atom. The molecule has 0 saturated heterocycles. The van der Waals surface area contributed by atoms with Crippen LogP contribution >= 0.6 is 0 Å². The molecular weight excluding hydrogens is 400 g/mol. The van der Waals surface area contributed by atoms with Gasteiger partial charge in [0.25, 0.3) is 0 Å². The van der Waals surface area contributed by atoms with Gasteiger partial charge >= 0.3 is 0 Å². The zero-order valence-electron chi connectivity index (χ0n) is 19.6. The van der Waals surface area contributed by atoms with E-state index in [4.69, 9.17) is 15.2 Å². The van der Waals surface area contributed by atoms with Crippen molar-refractivity contribution in [3.05, 3.63) is 64.8 Å². The summed E-state index contributed by atoms with van der Waals surface area (Å²) >= 11 is 0. The number of hydrogen-bond acceptors (Lipinski definition) is 5. The highest BCUT2D eigenvalue weighted by atomic mass is 19.1. The monoisotopic (exact) mass is 435 g/mol. The first kappa shape index (κ1) is 26.4. The predicted octanol–water partition coefficient (Wildman–Crippen LogP) is 5.95. The van der Waals surface area contributed by atoms with Gasteiger partial charge in [0.05, 0.1) is 12.8 Å². The quantitative estimate of drug-likeness (QED) is 0.410. The fourth-order valence-corrected chi connectivity index (χ4v) is 3.01. The minimum atomic E-state index is -1.81. The Hall–Kier alpha value is -2.67. The number of rotatable bonds is 7. The van der Waals surface area contributed by atoms with Crippen LogP contribution < -0.4 is 11.1 Å². The summed E-state index contributed by atoms with van der Waals surface area (Å²) in [5.41, 5.74) is 6.59. The lowest BCUT2D eigenvalue weighted by atomic mass is 9.90. The molecule has 2 unspecified atom stereocenters. The first-order chi connectivity index (χ1) is 14.8. The van der Waals surface area contributed by atoms with Gasteiger partial charge in [-0.25, -0.2) is 8.78 Å². The SMILES string of the molecule is CC.C\C=C/C=C(OC)\C(Nc1ccc(F)c(C2(C)N=C(N)COC2F)c1)=C(/C)CC. The Morgan fingerprint density at radius 1 is 1.42 bits per heavy atom. The molecule has 2 rings (SSSR count). The number of nitrogens with zero attached hydrogens (tertiary/aromatic N) is 1. The van der Waals surface area contributed by atoms with Crippen LogP contribution in [-0.4, -0.2) is 25.9 Å². The second-order valence-electron chi connectivity index (χ2n) is 6.97. The number of amidine groups is 1. The van der Waals surface area contributed by atoms with E-state index in [1.807, 2.05) is 52.8 Å². The van der Waals surface area contributed by atoms with Crippen molar-refractivity contribution < 1.29 is 18.3 Å². The summed E-state index contributed by atoms with van der Waals surface area (Å²) in [4.78, 5) is 4.16. The number of hydrogen-bond donors (Lipinski definition) is 2. The van der Waals surface area contributed by atoms with E-state index in [0.717, 1.165) is 17.7 Å². The van der Waals surface area contributed by atoms with Crippen molar-refractivity contribution in [2.24, 2.45) is 10.7 Å². The van der Waals surface area contributed by atoms with Gasteiger partial charge in [-0.1, -0.05) is 32.9 Å². The highest BCUT2D eigenvalue weighted by molar-refractivity contribution is 5.82. The van der Waals surface area contributed by atoms with Gasteiger partial charge in [0.15, 0.2) is 0 Å². The summed E-state index contributed by atoms with van der Waals surface area (Å²) in [7, 11) is 1.58.